The van der Waals surface area contributed by atoms with Gasteiger partial charge in [-0.05, 0) is 6.92 Å². The summed E-state index contributed by atoms with van der Waals surface area (Å²) < 4.78 is 20.3. The summed E-state index contributed by atoms with van der Waals surface area (Å²) in [4.78, 5) is 11.7. The van der Waals surface area contributed by atoms with E-state index in [2.05, 4.69) is 0 Å². The van der Waals surface area contributed by atoms with Gasteiger partial charge in [0.15, 0.2) is 11.5 Å². The molecule has 100 valence electrons. The van der Waals surface area contributed by atoms with Gasteiger partial charge in [0.05, 0.1) is 39.2 Å². The lowest BCUT2D eigenvalue weighted by Crippen LogP contribution is -2.10. The van der Waals surface area contributed by atoms with Gasteiger partial charge in [-0.3, -0.25) is 0 Å². The van der Waals surface area contributed by atoms with Crippen molar-refractivity contribution in [2.45, 2.75) is 6.92 Å². The molecule has 0 unspecified atom stereocenters. The van der Waals surface area contributed by atoms with E-state index in [0.717, 1.165) is 0 Å². The first-order valence-electron chi connectivity index (χ1n) is 5.36. The Labute approximate surface area is 106 Å². The minimum absolute atomic E-state index is 0.161. The topological polar surface area (TPSA) is 80.0 Å². The molecule has 0 bridgehead atoms. The Morgan fingerprint density at radius 3 is 2.22 bits per heavy atom. The van der Waals surface area contributed by atoms with Crippen molar-refractivity contribution in [3.05, 3.63) is 11.6 Å². The van der Waals surface area contributed by atoms with E-state index in [-0.39, 0.29) is 23.6 Å². The molecule has 0 aliphatic rings. The Balaban J connectivity index is 3.41. The van der Waals surface area contributed by atoms with Crippen LogP contribution in [0.1, 0.15) is 17.3 Å². The summed E-state index contributed by atoms with van der Waals surface area (Å²) in [6.07, 6.45) is 0. The molecule has 2 N–H and O–H groups in total. The molecule has 0 aliphatic carbocycles. The highest BCUT2D eigenvalue weighted by Gasteiger charge is 2.23. The average Bonchev–Trinajstić information content (AvgIpc) is 2.38. The molecule has 18 heavy (non-hydrogen) atoms. The third-order valence-electron chi connectivity index (χ3n) is 2.36. The number of carbonyl (C=O) groups is 1. The number of esters is 1. The largest absolute Gasteiger partial charge is 0.493 e. The molecular formula is C12H17NO5. The van der Waals surface area contributed by atoms with E-state index in [1.165, 1.54) is 27.4 Å². The van der Waals surface area contributed by atoms with Crippen LogP contribution in [0.3, 0.4) is 0 Å². The van der Waals surface area contributed by atoms with Gasteiger partial charge in [-0.1, -0.05) is 0 Å². The van der Waals surface area contributed by atoms with Gasteiger partial charge < -0.3 is 24.7 Å². The average molecular weight is 255 g/mol. The maximum absolute atomic E-state index is 11.7. The molecule has 0 amide bonds. The van der Waals surface area contributed by atoms with Crippen LogP contribution in [0.25, 0.3) is 0 Å². The smallest absolute Gasteiger partial charge is 0.340 e. The number of nitrogens with two attached hydrogens (primary N) is 1. The van der Waals surface area contributed by atoms with Crippen molar-refractivity contribution >= 4 is 11.7 Å². The molecule has 6 heteroatoms. The maximum Gasteiger partial charge on any atom is 0.340 e. The van der Waals surface area contributed by atoms with Gasteiger partial charge in [-0.2, -0.15) is 0 Å². The number of ether oxygens (including phenoxy) is 4. The van der Waals surface area contributed by atoms with Crippen molar-refractivity contribution in [3.8, 4) is 17.2 Å². The van der Waals surface area contributed by atoms with Crippen molar-refractivity contribution < 1.29 is 23.7 Å². The van der Waals surface area contributed by atoms with Crippen molar-refractivity contribution in [3.63, 3.8) is 0 Å². The van der Waals surface area contributed by atoms with Crippen LogP contribution in [-0.2, 0) is 4.74 Å². The summed E-state index contributed by atoms with van der Waals surface area (Å²) >= 11 is 0. The number of hydrogen-bond acceptors (Lipinski definition) is 6. The van der Waals surface area contributed by atoms with E-state index < -0.39 is 5.97 Å². The first-order valence-corrected chi connectivity index (χ1v) is 5.36. The molecule has 0 heterocycles. The molecule has 0 saturated heterocycles. The Morgan fingerprint density at radius 2 is 1.78 bits per heavy atom. The summed E-state index contributed by atoms with van der Waals surface area (Å²) in [7, 11) is 4.36. The minimum Gasteiger partial charge on any atom is -0.493 e. The van der Waals surface area contributed by atoms with E-state index >= 15 is 0 Å². The van der Waals surface area contributed by atoms with Crippen molar-refractivity contribution in [2.75, 3.05) is 33.7 Å². The fraction of sp³-hybridized carbons (Fsp3) is 0.417. The Hall–Kier alpha value is -2.11. The molecule has 0 aliphatic heterocycles. The predicted molar refractivity (Wildman–Crippen MR) is 66.5 cm³/mol. The van der Waals surface area contributed by atoms with Gasteiger partial charge in [0, 0.05) is 6.07 Å². The fourth-order valence-electron chi connectivity index (χ4n) is 1.56. The highest BCUT2D eigenvalue weighted by atomic mass is 16.5. The van der Waals surface area contributed by atoms with E-state index in [9.17, 15) is 4.79 Å². The van der Waals surface area contributed by atoms with Crippen molar-refractivity contribution in [1.82, 2.24) is 0 Å². The van der Waals surface area contributed by atoms with Gasteiger partial charge in [0.25, 0.3) is 0 Å². The zero-order chi connectivity index (χ0) is 13.7. The van der Waals surface area contributed by atoms with Gasteiger partial charge in [0.2, 0.25) is 5.75 Å². The third-order valence-corrected chi connectivity index (χ3v) is 2.36. The van der Waals surface area contributed by atoms with Crippen molar-refractivity contribution in [1.29, 1.82) is 0 Å². The van der Waals surface area contributed by atoms with E-state index in [1.807, 2.05) is 0 Å². The minimum atomic E-state index is -0.533. The molecular weight excluding hydrogens is 238 g/mol. The lowest BCUT2D eigenvalue weighted by Gasteiger charge is -2.16. The highest BCUT2D eigenvalue weighted by molar-refractivity contribution is 5.98. The van der Waals surface area contributed by atoms with E-state index in [0.29, 0.717) is 11.5 Å². The zero-order valence-corrected chi connectivity index (χ0v) is 10.9. The standard InChI is InChI=1S/C12H17NO5/c1-5-18-12(14)7-6-8(15-2)10(16-3)11(17-4)9(7)13/h6H,5,13H2,1-4H3. The van der Waals surface area contributed by atoms with Crippen LogP contribution in [0.15, 0.2) is 6.07 Å². The third kappa shape index (κ3) is 2.42. The summed E-state index contributed by atoms with van der Waals surface area (Å²) in [6.45, 7) is 1.97. The highest BCUT2D eigenvalue weighted by Crippen LogP contribution is 2.43. The van der Waals surface area contributed by atoms with Crippen molar-refractivity contribution in [2.24, 2.45) is 0 Å². The lowest BCUT2D eigenvalue weighted by atomic mass is 10.1. The lowest BCUT2D eigenvalue weighted by molar-refractivity contribution is 0.0527. The molecule has 0 radical (unpaired) electrons. The molecule has 0 spiro atoms. The van der Waals surface area contributed by atoms with Gasteiger partial charge in [0.1, 0.15) is 0 Å². The van der Waals surface area contributed by atoms with Crippen LogP contribution in [0.4, 0.5) is 5.69 Å². The number of benzene rings is 1. The summed E-state index contributed by atoms with van der Waals surface area (Å²) in [6, 6.07) is 1.47. The first kappa shape index (κ1) is 14.0. The van der Waals surface area contributed by atoms with Crippen LogP contribution in [0.2, 0.25) is 0 Å². The van der Waals surface area contributed by atoms with E-state index in [1.54, 1.807) is 6.92 Å². The second-order valence-corrected chi connectivity index (χ2v) is 3.33. The number of carbonyl (C=O) groups excluding carboxylic acids is 1. The van der Waals surface area contributed by atoms with Gasteiger partial charge >= 0.3 is 5.97 Å². The molecule has 1 rings (SSSR count). The number of methoxy groups -OCH3 is 3. The summed E-state index contributed by atoms with van der Waals surface area (Å²) in [5.74, 6) is 0.409. The van der Waals surface area contributed by atoms with Crippen LogP contribution in [0.5, 0.6) is 17.2 Å². The maximum atomic E-state index is 11.7. The van der Waals surface area contributed by atoms with Gasteiger partial charge in [-0.15, -0.1) is 0 Å². The van der Waals surface area contributed by atoms with Gasteiger partial charge in [-0.25, -0.2) is 4.79 Å². The molecule has 0 aromatic heterocycles. The summed E-state index contributed by atoms with van der Waals surface area (Å²) in [5, 5.41) is 0. The SMILES string of the molecule is CCOC(=O)c1cc(OC)c(OC)c(OC)c1N. The normalized spacial score (nSPS) is 9.78. The Kier molecular flexibility index (Phi) is 4.65. The van der Waals surface area contributed by atoms with Crippen LogP contribution in [-0.4, -0.2) is 33.9 Å². The quantitative estimate of drug-likeness (QED) is 0.634. The zero-order valence-electron chi connectivity index (χ0n) is 10.9. The monoisotopic (exact) mass is 255 g/mol. The second kappa shape index (κ2) is 6.00. The molecule has 6 nitrogen and oxygen atoms in total. The molecule has 0 saturated carbocycles. The Morgan fingerprint density at radius 1 is 1.17 bits per heavy atom. The fourth-order valence-corrected chi connectivity index (χ4v) is 1.56. The number of anilines is 1. The predicted octanol–water partition coefficient (Wildman–Crippen LogP) is 1.47. The Bertz CT molecular complexity index is 445. The molecule has 0 atom stereocenters. The molecule has 1 aromatic rings. The van der Waals surface area contributed by atoms with E-state index in [4.69, 9.17) is 24.7 Å². The number of rotatable bonds is 5. The van der Waals surface area contributed by atoms with Crippen LogP contribution in [0, 0.1) is 0 Å². The molecule has 1 aromatic carbocycles. The number of nitrogen functional groups attached to an aromatic ring is 1. The van der Waals surface area contributed by atoms with Crippen LogP contribution >= 0.6 is 0 Å². The molecule has 0 fully saturated rings. The number of hydrogen-bond donors (Lipinski definition) is 1. The second-order valence-electron chi connectivity index (χ2n) is 3.33. The first-order chi connectivity index (χ1) is 8.60. The summed E-state index contributed by atoms with van der Waals surface area (Å²) in [5.41, 5.74) is 6.21. The van der Waals surface area contributed by atoms with Crippen LogP contribution < -0.4 is 19.9 Å².